The Kier molecular flexibility index (Phi) is 15.2. The van der Waals surface area contributed by atoms with E-state index in [2.05, 4.69) is 55.9 Å². The summed E-state index contributed by atoms with van der Waals surface area (Å²) in [6, 6.07) is 6.58. The number of rotatable bonds is 3. The molecule has 0 saturated carbocycles. The van der Waals surface area contributed by atoms with Gasteiger partial charge in [-0.3, -0.25) is 4.98 Å². The van der Waals surface area contributed by atoms with Crippen LogP contribution in [0, 0.1) is 10.2 Å². The van der Waals surface area contributed by atoms with Gasteiger partial charge in [-0.2, -0.15) is 0 Å². The number of likely N-dealkylation sites (N-methyl/N-ethyl adjacent to an activating group) is 1. The Morgan fingerprint density at radius 1 is 1.07 bits per heavy atom. The molecule has 1 aromatic rings. The van der Waals surface area contributed by atoms with Gasteiger partial charge in [0.05, 0.1) is 0 Å². The predicted molar refractivity (Wildman–Crippen MR) is 108 cm³/mol. The molecule has 0 aromatic carbocycles. The maximum absolute atomic E-state index is 8.83. The minimum atomic E-state index is -4.19. The van der Waals surface area contributed by atoms with Gasteiger partial charge in [-0.15, -0.1) is 13.1 Å². The first-order valence-corrected chi connectivity index (χ1v) is 11.2. The van der Waals surface area contributed by atoms with Gasteiger partial charge in [-0.1, -0.05) is 44.8 Å². The van der Waals surface area contributed by atoms with E-state index in [9.17, 15) is 0 Å². The van der Waals surface area contributed by atoms with E-state index in [4.69, 9.17) is 34.3 Å². The van der Waals surface area contributed by atoms with Crippen molar-refractivity contribution in [2.24, 2.45) is 0 Å². The van der Waals surface area contributed by atoms with Crippen molar-refractivity contribution in [3.05, 3.63) is 40.2 Å². The van der Waals surface area contributed by atoms with Crippen LogP contribution in [-0.2, 0) is 16.5 Å². The molecule has 1 aromatic heterocycles. The second-order valence-corrected chi connectivity index (χ2v) is 8.31. The summed E-state index contributed by atoms with van der Waals surface area (Å²) >= 11 is 0. The molecule has 2 heterocycles. The molecule has 1 aliphatic rings. The predicted octanol–water partition coefficient (Wildman–Crippen LogP) is 0.746. The summed E-state index contributed by atoms with van der Waals surface area (Å²) in [5.74, 6) is 0. The molecule has 9 nitrogen and oxygen atoms in total. The van der Waals surface area contributed by atoms with Crippen molar-refractivity contribution in [3.8, 4) is 0 Å². The molecule has 1 radical (unpaired) electrons. The van der Waals surface area contributed by atoms with Gasteiger partial charge in [0.25, 0.3) is 0 Å². The molecule has 0 saturated heterocycles. The van der Waals surface area contributed by atoms with E-state index in [0.29, 0.717) is 0 Å². The third-order valence-corrected chi connectivity index (χ3v) is 4.58. The summed E-state index contributed by atoms with van der Waals surface area (Å²) in [6.07, 6.45) is 2.23. The molecular weight excluding hydrogens is 456 g/mol. The Morgan fingerprint density at radius 3 is 1.90 bits per heavy atom. The van der Waals surface area contributed by atoms with Crippen LogP contribution in [0.1, 0.15) is 50.2 Å². The Labute approximate surface area is 192 Å². The number of hydrogen-bond acceptors (Lipinski definition) is 7. The monoisotopic (exact) mass is 491 g/mol. The number of fused-ring (bicyclic) bond motifs is 2. The van der Waals surface area contributed by atoms with Crippen molar-refractivity contribution < 1.29 is 45.4 Å². The molecule has 0 amide bonds. The Hall–Kier alpha value is -0.386. The summed E-state index contributed by atoms with van der Waals surface area (Å²) in [4.78, 5) is 9.59. The molecule has 1 aliphatic heterocycles. The van der Waals surface area contributed by atoms with Crippen LogP contribution in [0.5, 0.6) is 0 Å². The van der Waals surface area contributed by atoms with Crippen molar-refractivity contribution in [2.45, 2.75) is 38.8 Å². The molecule has 177 valence electrons. The minimum absolute atomic E-state index is 0. The van der Waals surface area contributed by atoms with E-state index >= 15 is 0 Å². The van der Waals surface area contributed by atoms with Crippen molar-refractivity contribution in [1.29, 1.82) is 0 Å². The molecule has 3 N–H and O–H groups in total. The number of halogens is 1. The number of pyridine rings is 1. The van der Waals surface area contributed by atoms with Gasteiger partial charge in [-0.05, 0) is 39.3 Å². The van der Waals surface area contributed by atoms with Crippen molar-refractivity contribution in [3.63, 3.8) is 0 Å². The fourth-order valence-corrected chi connectivity index (χ4v) is 2.96. The molecular formula is C19H36ClN5NiO4+. The van der Waals surface area contributed by atoms with Gasteiger partial charge in [0.15, 0.2) is 0 Å². The van der Waals surface area contributed by atoms with Crippen LogP contribution in [0.3, 0.4) is 0 Å². The second-order valence-electron chi connectivity index (χ2n) is 7.44. The zero-order valence-electron chi connectivity index (χ0n) is 18.2. The van der Waals surface area contributed by atoms with Gasteiger partial charge in [0, 0.05) is 24.5 Å². The van der Waals surface area contributed by atoms with Gasteiger partial charge < -0.3 is 20.4 Å². The Balaban J connectivity index is 0.00000125. The van der Waals surface area contributed by atoms with Crippen LogP contribution in [0.25, 0.3) is 10.6 Å². The summed E-state index contributed by atoms with van der Waals surface area (Å²) in [6.45, 7) is 10.6. The van der Waals surface area contributed by atoms with Crippen molar-refractivity contribution in [2.75, 3.05) is 53.4 Å². The van der Waals surface area contributed by atoms with Gasteiger partial charge in [0.2, 0.25) is 0 Å². The van der Waals surface area contributed by atoms with Gasteiger partial charge in [-0.25, -0.2) is 0 Å². The van der Waals surface area contributed by atoms with Crippen LogP contribution in [0.4, 0.5) is 0 Å². The van der Waals surface area contributed by atoms with Crippen LogP contribution >= 0.6 is 0 Å². The topological polar surface area (TPSA) is 131 Å². The standard InChI is InChI=1S/C19H33N5.ClH3O4.Ni/c1-16-18-8-5-9-19(22-18)17(2)21-11-7-13-24(12-6-10-20-16)15-14-23(3)4;2-1(3,4)5;/h5,8-9,16-17H,6-7,10-15H2,1-4H3;2-4H;/q-2;;+3. The normalized spacial score (nSPS) is 22.3. The Bertz CT molecular complexity index is 541. The number of nitrogens with zero attached hydrogens (tertiary/aromatic N) is 5. The first-order valence-electron chi connectivity index (χ1n) is 9.89. The average molecular weight is 493 g/mol. The molecule has 2 rings (SSSR count). The third kappa shape index (κ3) is 14.6. The molecule has 2 unspecified atom stereocenters. The molecule has 0 fully saturated rings. The summed E-state index contributed by atoms with van der Waals surface area (Å²) < 4.78 is 30.2. The van der Waals surface area contributed by atoms with E-state index in [1.54, 1.807) is 0 Å². The van der Waals surface area contributed by atoms with Crippen LogP contribution in [0.15, 0.2) is 18.2 Å². The zero-order chi connectivity index (χ0) is 21.9. The van der Waals surface area contributed by atoms with Gasteiger partial charge in [0.1, 0.15) is 0 Å². The SMILES string of the molecule is CC1[N-]CCCN(CCN(C)C)CCC[N-]C(C)c2cccc1n2.[Ni+3].[O-][Cl+](O)(O)O. The summed E-state index contributed by atoms with van der Waals surface area (Å²) in [5, 5.41) is 9.62. The number of hydrogen-bond donors (Lipinski definition) is 3. The van der Waals surface area contributed by atoms with Gasteiger partial charge >= 0.3 is 45.4 Å². The molecule has 2 bridgehead atoms. The van der Waals surface area contributed by atoms with Crippen molar-refractivity contribution in [1.82, 2.24) is 14.8 Å². The van der Waals surface area contributed by atoms with Crippen LogP contribution in [0.2, 0.25) is 0 Å². The van der Waals surface area contributed by atoms with Crippen molar-refractivity contribution >= 4 is 0 Å². The summed E-state index contributed by atoms with van der Waals surface area (Å²) in [5.41, 5.74) is 2.13. The summed E-state index contributed by atoms with van der Waals surface area (Å²) in [7, 11) is 0.0812. The first kappa shape index (κ1) is 29.6. The maximum atomic E-state index is 8.83. The molecule has 30 heavy (non-hydrogen) atoms. The zero-order valence-corrected chi connectivity index (χ0v) is 20.0. The van der Waals surface area contributed by atoms with E-state index in [0.717, 1.165) is 63.5 Å². The molecule has 0 spiro atoms. The van der Waals surface area contributed by atoms with E-state index < -0.39 is 10.2 Å². The third-order valence-electron chi connectivity index (χ3n) is 4.58. The first-order chi connectivity index (χ1) is 13.6. The average Bonchev–Trinajstić information content (AvgIpc) is 2.63. The molecule has 2 atom stereocenters. The van der Waals surface area contributed by atoms with E-state index in [1.807, 2.05) is 0 Å². The fraction of sp³-hybridized carbons (Fsp3) is 0.737. The number of aromatic nitrogens is 1. The van der Waals surface area contributed by atoms with Crippen LogP contribution in [-0.4, -0.2) is 82.1 Å². The van der Waals surface area contributed by atoms with Crippen LogP contribution < -0.4 is 4.66 Å². The molecule has 11 heteroatoms. The Morgan fingerprint density at radius 2 is 1.50 bits per heavy atom. The van der Waals surface area contributed by atoms with E-state index in [1.165, 1.54) is 0 Å². The molecule has 0 aliphatic carbocycles. The fourth-order valence-electron chi connectivity index (χ4n) is 2.96. The second kappa shape index (κ2) is 15.4. The van der Waals surface area contributed by atoms with E-state index in [-0.39, 0.29) is 28.6 Å². The quantitative estimate of drug-likeness (QED) is 0.531.